The van der Waals surface area contributed by atoms with Gasteiger partial charge in [0.25, 0.3) is 11.8 Å². The number of carbonyl (C=O) groups is 3. The van der Waals surface area contributed by atoms with Gasteiger partial charge in [-0.15, -0.1) is 0 Å². The first-order valence-corrected chi connectivity index (χ1v) is 14.5. The molecule has 0 bridgehead atoms. The molecule has 40 heavy (non-hydrogen) atoms. The molecule has 8 nitrogen and oxygen atoms in total. The number of amides is 3. The molecular weight excluding hydrogens is 547 g/mol. The quantitative estimate of drug-likeness (QED) is 0.449. The van der Waals surface area contributed by atoms with E-state index in [1.54, 1.807) is 19.1 Å². The van der Waals surface area contributed by atoms with Crippen molar-refractivity contribution >= 4 is 33.2 Å². The Kier molecular flexibility index (Phi) is 8.83. The monoisotopic (exact) mass is 579 g/mol. The van der Waals surface area contributed by atoms with Gasteiger partial charge in [-0.25, -0.2) is 8.42 Å². The Morgan fingerprint density at radius 3 is 2.27 bits per heavy atom. The predicted molar refractivity (Wildman–Crippen MR) is 144 cm³/mol. The number of sulfone groups is 1. The highest BCUT2D eigenvalue weighted by molar-refractivity contribution is 7.90. The zero-order valence-electron chi connectivity index (χ0n) is 22.7. The van der Waals surface area contributed by atoms with Gasteiger partial charge in [0.05, 0.1) is 21.9 Å². The molecule has 2 atom stereocenters. The van der Waals surface area contributed by atoms with Crippen molar-refractivity contribution in [1.82, 2.24) is 4.90 Å². The SMILES string of the molecule is CCCCC1(C(=O)N(C)Cc2ccc(S(C)(=O)=O)cc2)C=C(C(N)=O)C(=O)N(c2cccc(C(F)(F)F)c2)C1C. The summed E-state index contributed by atoms with van der Waals surface area (Å²) in [4.78, 5) is 42.5. The zero-order chi connectivity index (χ0) is 30.0. The van der Waals surface area contributed by atoms with Crippen molar-refractivity contribution in [3.63, 3.8) is 0 Å². The third-order valence-electron chi connectivity index (χ3n) is 7.16. The van der Waals surface area contributed by atoms with Crippen molar-refractivity contribution in [2.24, 2.45) is 11.1 Å². The van der Waals surface area contributed by atoms with Crippen LogP contribution in [0.25, 0.3) is 0 Å². The molecule has 2 aromatic rings. The first-order chi connectivity index (χ1) is 18.5. The first-order valence-electron chi connectivity index (χ1n) is 12.6. The number of halogens is 3. The summed E-state index contributed by atoms with van der Waals surface area (Å²) in [5, 5.41) is 0. The number of nitrogens with zero attached hydrogens (tertiary/aromatic N) is 2. The van der Waals surface area contributed by atoms with Crippen molar-refractivity contribution < 1.29 is 36.0 Å². The van der Waals surface area contributed by atoms with E-state index < -0.39 is 56.3 Å². The number of anilines is 1. The number of unbranched alkanes of at least 4 members (excludes halogenated alkanes) is 1. The Morgan fingerprint density at radius 1 is 1.12 bits per heavy atom. The Bertz CT molecular complexity index is 1440. The number of hydrogen-bond acceptors (Lipinski definition) is 5. The van der Waals surface area contributed by atoms with Gasteiger partial charge in [-0.1, -0.05) is 38.0 Å². The third kappa shape index (κ3) is 6.22. The van der Waals surface area contributed by atoms with E-state index in [1.165, 1.54) is 36.2 Å². The van der Waals surface area contributed by atoms with Crippen molar-refractivity contribution in [3.05, 3.63) is 71.3 Å². The van der Waals surface area contributed by atoms with Crippen LogP contribution in [0, 0.1) is 5.41 Å². The van der Waals surface area contributed by atoms with E-state index in [-0.39, 0.29) is 23.5 Å². The largest absolute Gasteiger partial charge is 0.416 e. The fourth-order valence-electron chi connectivity index (χ4n) is 4.97. The highest BCUT2D eigenvalue weighted by atomic mass is 32.2. The van der Waals surface area contributed by atoms with E-state index in [0.29, 0.717) is 18.4 Å². The number of benzene rings is 2. The lowest BCUT2D eigenvalue weighted by Gasteiger charge is -2.47. The van der Waals surface area contributed by atoms with Gasteiger partial charge in [0.1, 0.15) is 5.57 Å². The van der Waals surface area contributed by atoms with Crippen LogP contribution in [-0.2, 0) is 36.9 Å². The van der Waals surface area contributed by atoms with Gasteiger partial charge < -0.3 is 15.5 Å². The molecule has 2 N–H and O–H groups in total. The van der Waals surface area contributed by atoms with E-state index in [0.717, 1.165) is 29.4 Å². The van der Waals surface area contributed by atoms with Gasteiger partial charge in [0, 0.05) is 25.5 Å². The molecule has 0 aromatic heterocycles. The fourth-order valence-corrected chi connectivity index (χ4v) is 5.60. The van der Waals surface area contributed by atoms with Crippen LogP contribution in [0.15, 0.2) is 65.1 Å². The van der Waals surface area contributed by atoms with E-state index in [4.69, 9.17) is 5.73 Å². The van der Waals surface area contributed by atoms with Crippen molar-refractivity contribution in [2.75, 3.05) is 18.2 Å². The molecule has 2 unspecified atom stereocenters. The molecule has 0 aliphatic carbocycles. The Hall–Kier alpha value is -3.67. The maximum Gasteiger partial charge on any atom is 0.416 e. The lowest BCUT2D eigenvalue weighted by atomic mass is 9.70. The predicted octanol–water partition coefficient (Wildman–Crippen LogP) is 4.09. The average Bonchev–Trinajstić information content (AvgIpc) is 2.87. The lowest BCUT2D eigenvalue weighted by molar-refractivity contribution is -0.141. The lowest BCUT2D eigenvalue weighted by Crippen LogP contribution is -2.59. The molecule has 2 aromatic carbocycles. The van der Waals surface area contributed by atoms with Crippen molar-refractivity contribution in [1.29, 1.82) is 0 Å². The summed E-state index contributed by atoms with van der Waals surface area (Å²) in [5.74, 6) is -2.45. The summed E-state index contributed by atoms with van der Waals surface area (Å²) >= 11 is 0. The zero-order valence-corrected chi connectivity index (χ0v) is 23.5. The van der Waals surface area contributed by atoms with Gasteiger partial charge >= 0.3 is 6.18 Å². The number of rotatable bonds is 9. The Labute approximate surface area is 231 Å². The molecule has 0 saturated heterocycles. The number of carbonyl (C=O) groups excluding carboxylic acids is 3. The molecule has 0 saturated carbocycles. The molecule has 3 amide bonds. The van der Waals surface area contributed by atoms with Gasteiger partial charge in [0.2, 0.25) is 5.91 Å². The van der Waals surface area contributed by atoms with Crippen LogP contribution in [-0.4, -0.2) is 50.4 Å². The maximum absolute atomic E-state index is 14.2. The van der Waals surface area contributed by atoms with Crippen LogP contribution in [0.1, 0.15) is 44.2 Å². The summed E-state index contributed by atoms with van der Waals surface area (Å²) in [5.41, 5.74) is 3.09. The highest BCUT2D eigenvalue weighted by Gasteiger charge is 2.52. The molecule has 216 valence electrons. The smallest absolute Gasteiger partial charge is 0.365 e. The summed E-state index contributed by atoms with van der Waals surface area (Å²) < 4.78 is 64.1. The summed E-state index contributed by atoms with van der Waals surface area (Å²) in [6, 6.07) is 9.18. The van der Waals surface area contributed by atoms with Crippen LogP contribution < -0.4 is 10.6 Å². The average molecular weight is 580 g/mol. The number of nitrogens with two attached hydrogens (primary N) is 1. The minimum Gasteiger partial charge on any atom is -0.365 e. The Morgan fingerprint density at radius 2 is 1.75 bits per heavy atom. The molecular formula is C28H32F3N3O5S. The van der Waals surface area contributed by atoms with E-state index in [2.05, 4.69) is 0 Å². The molecule has 3 rings (SSSR count). The van der Waals surface area contributed by atoms with Crippen LogP contribution in [0.3, 0.4) is 0 Å². The minimum absolute atomic E-state index is 0.0702. The van der Waals surface area contributed by atoms with Gasteiger partial charge in [-0.2, -0.15) is 13.2 Å². The van der Waals surface area contributed by atoms with E-state index >= 15 is 0 Å². The second-order valence-electron chi connectivity index (χ2n) is 10.0. The van der Waals surface area contributed by atoms with E-state index in [9.17, 15) is 36.0 Å². The summed E-state index contributed by atoms with van der Waals surface area (Å²) in [7, 11) is -1.89. The molecule has 1 heterocycles. The standard InChI is InChI=1S/C28H32F3N3O5S/c1-5-6-14-27(26(37)33(3)17-19-10-12-22(13-11-19)40(4,38)39)16-23(24(32)35)25(36)34(18(27)2)21-9-7-8-20(15-21)28(29,30)31/h7-13,15-16,18H,5-6,14,17H2,1-4H3,(H2,32,35). The topological polar surface area (TPSA) is 118 Å². The highest BCUT2D eigenvalue weighted by Crippen LogP contribution is 2.43. The first kappa shape index (κ1) is 30.9. The van der Waals surface area contributed by atoms with Crippen LogP contribution in [0.5, 0.6) is 0 Å². The third-order valence-corrected chi connectivity index (χ3v) is 8.29. The second kappa shape index (κ2) is 11.4. The maximum atomic E-state index is 14.2. The molecule has 1 aliphatic rings. The fraction of sp³-hybridized carbons (Fsp3) is 0.393. The number of hydrogen-bond donors (Lipinski definition) is 1. The van der Waals surface area contributed by atoms with Crippen molar-refractivity contribution in [2.45, 2.75) is 56.8 Å². The molecule has 0 spiro atoms. The van der Waals surface area contributed by atoms with Crippen LogP contribution >= 0.6 is 0 Å². The molecule has 12 heteroatoms. The van der Waals surface area contributed by atoms with Crippen molar-refractivity contribution in [3.8, 4) is 0 Å². The number of primary amides is 1. The summed E-state index contributed by atoms with van der Waals surface area (Å²) in [6.07, 6.45) is -0.952. The summed E-state index contributed by atoms with van der Waals surface area (Å²) in [6.45, 7) is 3.53. The minimum atomic E-state index is -4.68. The number of alkyl halides is 3. The van der Waals surface area contributed by atoms with Gasteiger partial charge in [-0.3, -0.25) is 14.4 Å². The van der Waals surface area contributed by atoms with Crippen LogP contribution in [0.4, 0.5) is 18.9 Å². The second-order valence-corrected chi connectivity index (χ2v) is 12.1. The molecule has 0 fully saturated rings. The van der Waals surface area contributed by atoms with E-state index in [1.807, 2.05) is 6.92 Å². The van der Waals surface area contributed by atoms with Gasteiger partial charge in [-0.05, 0) is 55.3 Å². The van der Waals surface area contributed by atoms with Crippen LogP contribution in [0.2, 0.25) is 0 Å². The normalized spacial score (nSPS) is 19.8. The van der Waals surface area contributed by atoms with Gasteiger partial charge in [0.15, 0.2) is 9.84 Å². The Balaban J connectivity index is 2.10. The molecule has 1 aliphatic heterocycles. The molecule has 0 radical (unpaired) electrons.